The molecule has 2 atom stereocenters. The smallest absolute Gasteiger partial charge is 0.328 e. The van der Waals surface area contributed by atoms with Crippen molar-refractivity contribution < 1.29 is 9.53 Å². The quantitative estimate of drug-likeness (QED) is 0.711. The molecule has 1 aromatic carbocycles. The third-order valence-corrected chi connectivity index (χ3v) is 2.89. The van der Waals surface area contributed by atoms with Crippen LogP contribution in [0, 0.1) is 5.92 Å². The SMILES string of the molecule is COC(=O)[C@@H]1Nc2ccccc2C[C@@H]1C. The van der Waals surface area contributed by atoms with E-state index in [0.717, 1.165) is 12.1 Å². The van der Waals surface area contributed by atoms with Gasteiger partial charge in [0.15, 0.2) is 0 Å². The van der Waals surface area contributed by atoms with Gasteiger partial charge in [-0.15, -0.1) is 0 Å². The highest BCUT2D eigenvalue weighted by atomic mass is 16.5. The zero-order valence-electron chi connectivity index (χ0n) is 8.99. The fourth-order valence-corrected chi connectivity index (χ4v) is 2.03. The predicted octanol–water partition coefficient (Wildman–Crippen LogP) is 1.83. The second-order valence-corrected chi connectivity index (χ2v) is 3.98. The van der Waals surface area contributed by atoms with Crippen LogP contribution in [0.3, 0.4) is 0 Å². The minimum Gasteiger partial charge on any atom is -0.467 e. The first kappa shape index (κ1) is 10.0. The Bertz CT molecular complexity index is 376. The number of anilines is 1. The van der Waals surface area contributed by atoms with E-state index >= 15 is 0 Å². The van der Waals surface area contributed by atoms with Gasteiger partial charge in [0.25, 0.3) is 0 Å². The number of esters is 1. The van der Waals surface area contributed by atoms with E-state index in [1.165, 1.54) is 12.7 Å². The zero-order chi connectivity index (χ0) is 10.8. The maximum atomic E-state index is 11.5. The van der Waals surface area contributed by atoms with Crippen molar-refractivity contribution in [1.29, 1.82) is 0 Å². The molecule has 0 saturated carbocycles. The molecule has 1 heterocycles. The van der Waals surface area contributed by atoms with E-state index in [0.29, 0.717) is 0 Å². The molecule has 1 aliphatic heterocycles. The van der Waals surface area contributed by atoms with Gasteiger partial charge in [0.05, 0.1) is 7.11 Å². The molecule has 0 spiro atoms. The van der Waals surface area contributed by atoms with Crippen LogP contribution in [0.15, 0.2) is 24.3 Å². The Labute approximate surface area is 89.4 Å². The molecule has 0 unspecified atom stereocenters. The van der Waals surface area contributed by atoms with E-state index in [9.17, 15) is 4.79 Å². The number of hydrogen-bond acceptors (Lipinski definition) is 3. The van der Waals surface area contributed by atoms with E-state index < -0.39 is 0 Å². The maximum Gasteiger partial charge on any atom is 0.328 e. The summed E-state index contributed by atoms with van der Waals surface area (Å²) in [4.78, 5) is 11.5. The summed E-state index contributed by atoms with van der Waals surface area (Å²) in [6.45, 7) is 2.06. The van der Waals surface area contributed by atoms with Gasteiger partial charge < -0.3 is 10.1 Å². The number of benzene rings is 1. The van der Waals surface area contributed by atoms with Crippen molar-refractivity contribution in [3.05, 3.63) is 29.8 Å². The molecule has 0 aliphatic carbocycles. The number of nitrogens with one attached hydrogen (secondary N) is 1. The van der Waals surface area contributed by atoms with Gasteiger partial charge in [-0.2, -0.15) is 0 Å². The van der Waals surface area contributed by atoms with Crippen LogP contribution in [-0.2, 0) is 16.0 Å². The van der Waals surface area contributed by atoms with Crippen molar-refractivity contribution in [3.8, 4) is 0 Å². The standard InChI is InChI=1S/C12H15NO2/c1-8-7-9-5-3-4-6-10(9)13-11(8)12(14)15-2/h3-6,8,11,13H,7H2,1-2H3/t8-,11+/m0/s1. The van der Waals surface area contributed by atoms with E-state index in [1.807, 2.05) is 18.2 Å². The summed E-state index contributed by atoms with van der Waals surface area (Å²) in [6.07, 6.45) is 0.920. The normalized spacial score (nSPS) is 23.9. The minimum atomic E-state index is -0.218. The molecule has 0 saturated heterocycles. The molecule has 1 aliphatic rings. The Hall–Kier alpha value is -1.51. The highest BCUT2D eigenvalue weighted by Gasteiger charge is 2.30. The second-order valence-electron chi connectivity index (χ2n) is 3.98. The van der Waals surface area contributed by atoms with Crippen molar-refractivity contribution in [3.63, 3.8) is 0 Å². The largest absolute Gasteiger partial charge is 0.467 e. The molecule has 80 valence electrons. The van der Waals surface area contributed by atoms with Crippen molar-refractivity contribution in [1.82, 2.24) is 0 Å². The molecule has 2 rings (SSSR count). The molecular weight excluding hydrogens is 190 g/mol. The van der Waals surface area contributed by atoms with Gasteiger partial charge in [0.1, 0.15) is 6.04 Å². The Morgan fingerprint density at radius 3 is 2.93 bits per heavy atom. The van der Waals surface area contributed by atoms with E-state index in [4.69, 9.17) is 4.74 Å². The van der Waals surface area contributed by atoms with Crippen LogP contribution in [0.5, 0.6) is 0 Å². The van der Waals surface area contributed by atoms with Crippen LogP contribution in [0.1, 0.15) is 12.5 Å². The molecule has 0 amide bonds. The van der Waals surface area contributed by atoms with Crippen molar-refractivity contribution in [2.75, 3.05) is 12.4 Å². The highest BCUT2D eigenvalue weighted by molar-refractivity contribution is 5.81. The summed E-state index contributed by atoms with van der Waals surface area (Å²) in [5.41, 5.74) is 2.32. The number of fused-ring (bicyclic) bond motifs is 1. The summed E-state index contributed by atoms with van der Waals surface area (Å²) in [7, 11) is 1.43. The number of para-hydroxylation sites is 1. The predicted molar refractivity (Wildman–Crippen MR) is 58.7 cm³/mol. The molecule has 15 heavy (non-hydrogen) atoms. The molecule has 0 aromatic heterocycles. The van der Waals surface area contributed by atoms with E-state index in [1.54, 1.807) is 0 Å². The summed E-state index contributed by atoms with van der Waals surface area (Å²) in [5.74, 6) is 0.0874. The molecule has 1 aromatic rings. The van der Waals surface area contributed by atoms with Crippen LogP contribution < -0.4 is 5.32 Å². The number of carbonyl (C=O) groups excluding carboxylic acids is 1. The third-order valence-electron chi connectivity index (χ3n) is 2.89. The lowest BCUT2D eigenvalue weighted by atomic mass is 9.89. The van der Waals surface area contributed by atoms with Gasteiger partial charge in [-0.25, -0.2) is 4.79 Å². The zero-order valence-corrected chi connectivity index (χ0v) is 8.99. The topological polar surface area (TPSA) is 38.3 Å². The van der Waals surface area contributed by atoms with Gasteiger partial charge in [0.2, 0.25) is 0 Å². The molecule has 0 radical (unpaired) electrons. The Morgan fingerprint density at radius 1 is 1.47 bits per heavy atom. The first-order valence-corrected chi connectivity index (χ1v) is 5.14. The average Bonchev–Trinajstić information content (AvgIpc) is 2.27. The summed E-state index contributed by atoms with van der Waals surface area (Å²) < 4.78 is 4.77. The third kappa shape index (κ3) is 1.82. The molecule has 0 bridgehead atoms. The van der Waals surface area contributed by atoms with E-state index in [-0.39, 0.29) is 17.9 Å². The fourth-order valence-electron chi connectivity index (χ4n) is 2.03. The summed E-state index contributed by atoms with van der Waals surface area (Å²) in [5, 5.41) is 3.22. The lowest BCUT2D eigenvalue weighted by Crippen LogP contribution is -2.40. The Kier molecular flexibility index (Phi) is 2.62. The lowest BCUT2D eigenvalue weighted by molar-refractivity contribution is -0.142. The van der Waals surface area contributed by atoms with Gasteiger partial charge in [-0.05, 0) is 24.0 Å². The molecule has 1 N–H and O–H groups in total. The first-order chi connectivity index (χ1) is 7.22. The minimum absolute atomic E-state index is 0.183. The molecule has 3 heteroatoms. The summed E-state index contributed by atoms with van der Waals surface area (Å²) >= 11 is 0. The molecule has 0 fully saturated rings. The number of hydrogen-bond donors (Lipinski definition) is 1. The number of ether oxygens (including phenoxy) is 1. The highest BCUT2D eigenvalue weighted by Crippen LogP contribution is 2.28. The van der Waals surface area contributed by atoms with Gasteiger partial charge >= 0.3 is 5.97 Å². The van der Waals surface area contributed by atoms with E-state index in [2.05, 4.69) is 18.3 Å². The number of rotatable bonds is 1. The molecule has 3 nitrogen and oxygen atoms in total. The van der Waals surface area contributed by atoms with Gasteiger partial charge in [0, 0.05) is 5.69 Å². The van der Waals surface area contributed by atoms with Crippen LogP contribution in [0.4, 0.5) is 5.69 Å². The fraction of sp³-hybridized carbons (Fsp3) is 0.417. The Morgan fingerprint density at radius 2 is 2.20 bits per heavy atom. The van der Waals surface area contributed by atoms with Crippen molar-refractivity contribution in [2.24, 2.45) is 5.92 Å². The van der Waals surface area contributed by atoms with Crippen molar-refractivity contribution >= 4 is 11.7 Å². The second kappa shape index (κ2) is 3.93. The van der Waals surface area contributed by atoms with Crippen LogP contribution in [0.25, 0.3) is 0 Å². The number of methoxy groups -OCH3 is 1. The summed E-state index contributed by atoms with van der Waals surface area (Å²) in [6, 6.07) is 7.86. The van der Waals surface area contributed by atoms with Crippen LogP contribution >= 0.6 is 0 Å². The monoisotopic (exact) mass is 205 g/mol. The van der Waals surface area contributed by atoms with Gasteiger partial charge in [-0.1, -0.05) is 25.1 Å². The maximum absolute atomic E-state index is 11.5. The molecular formula is C12H15NO2. The first-order valence-electron chi connectivity index (χ1n) is 5.14. The van der Waals surface area contributed by atoms with Crippen molar-refractivity contribution in [2.45, 2.75) is 19.4 Å². The number of carbonyl (C=O) groups is 1. The average molecular weight is 205 g/mol. The van der Waals surface area contributed by atoms with Crippen LogP contribution in [0.2, 0.25) is 0 Å². The Balaban J connectivity index is 2.25. The lowest BCUT2D eigenvalue weighted by Gasteiger charge is -2.30. The van der Waals surface area contributed by atoms with Crippen LogP contribution in [-0.4, -0.2) is 19.1 Å². The van der Waals surface area contributed by atoms with Gasteiger partial charge in [-0.3, -0.25) is 0 Å².